The molecular formula is C41H28N4O. The summed E-state index contributed by atoms with van der Waals surface area (Å²) >= 11 is 0. The summed E-state index contributed by atoms with van der Waals surface area (Å²) < 4.78 is 6.33. The number of benzene rings is 5. The van der Waals surface area contributed by atoms with Crippen LogP contribution in [-0.4, -0.2) is 19.9 Å². The molecule has 8 aromatic rings. The fraction of sp³-hybridized carbons (Fsp3) is 0.0732. The lowest BCUT2D eigenvalue weighted by atomic mass is 9.82. The molecule has 0 radical (unpaired) electrons. The van der Waals surface area contributed by atoms with Gasteiger partial charge < -0.3 is 4.42 Å². The van der Waals surface area contributed by atoms with Crippen molar-refractivity contribution in [2.75, 3.05) is 0 Å². The molecule has 3 aromatic heterocycles. The van der Waals surface area contributed by atoms with Crippen LogP contribution in [0.15, 0.2) is 138 Å². The number of hydrogen-bond acceptors (Lipinski definition) is 5. The number of nitrogens with zero attached hydrogens (tertiary/aromatic N) is 4. The smallest absolute Gasteiger partial charge is 0.227 e. The molecule has 0 unspecified atom stereocenters. The van der Waals surface area contributed by atoms with Crippen LogP contribution < -0.4 is 0 Å². The predicted octanol–water partition coefficient (Wildman–Crippen LogP) is 10.1. The summed E-state index contributed by atoms with van der Waals surface area (Å²) in [6.07, 6.45) is 0. The Balaban J connectivity index is 1.21. The van der Waals surface area contributed by atoms with E-state index >= 15 is 0 Å². The van der Waals surface area contributed by atoms with Gasteiger partial charge in [0.05, 0.1) is 0 Å². The van der Waals surface area contributed by atoms with Crippen LogP contribution in [0.2, 0.25) is 0 Å². The SMILES string of the molecule is CC1(C)c2ccccc2-c2cc(-c3nc(-c4ccccc4)nc(-c4ccc5c(n4)oc4cccc(-c6ccccc6)c45)n3)ccc21. The molecule has 0 aliphatic heterocycles. The lowest BCUT2D eigenvalue weighted by molar-refractivity contribution is 0.654. The van der Waals surface area contributed by atoms with Crippen molar-refractivity contribution in [3.8, 4) is 56.5 Å². The van der Waals surface area contributed by atoms with Crippen molar-refractivity contribution in [1.82, 2.24) is 19.9 Å². The largest absolute Gasteiger partial charge is 0.438 e. The summed E-state index contributed by atoms with van der Waals surface area (Å²) in [5, 5.41) is 2.00. The number of fused-ring (bicyclic) bond motifs is 6. The van der Waals surface area contributed by atoms with Crippen molar-refractivity contribution in [3.63, 3.8) is 0 Å². The molecule has 0 N–H and O–H groups in total. The van der Waals surface area contributed by atoms with Gasteiger partial charge in [0.15, 0.2) is 17.5 Å². The first-order valence-corrected chi connectivity index (χ1v) is 15.5. The average molecular weight is 593 g/mol. The van der Waals surface area contributed by atoms with Crippen LogP contribution in [-0.2, 0) is 5.41 Å². The van der Waals surface area contributed by atoms with Crippen molar-refractivity contribution in [1.29, 1.82) is 0 Å². The molecule has 0 amide bonds. The number of rotatable bonds is 4. The van der Waals surface area contributed by atoms with Gasteiger partial charge in [0, 0.05) is 27.3 Å². The summed E-state index contributed by atoms with van der Waals surface area (Å²) in [6.45, 7) is 4.57. The number of hydrogen-bond donors (Lipinski definition) is 0. The van der Waals surface area contributed by atoms with E-state index in [4.69, 9.17) is 24.4 Å². The zero-order valence-electron chi connectivity index (χ0n) is 25.4. The highest BCUT2D eigenvalue weighted by molar-refractivity contribution is 6.11. The van der Waals surface area contributed by atoms with Gasteiger partial charge in [-0.2, -0.15) is 0 Å². The Labute approximate surface area is 266 Å². The standard InChI is InChI=1S/C41H28N4O/c1-41(2)32-18-10-9-16-29(32)31-24-27(20-22-33(31)41)38-43-37(26-14-7-4-8-15-26)44-39(45-38)34-23-21-30-36-28(25-12-5-3-6-13-25)17-11-19-35(36)46-40(30)42-34/h3-24H,1-2H3. The van der Waals surface area contributed by atoms with Gasteiger partial charge >= 0.3 is 0 Å². The third-order valence-corrected chi connectivity index (χ3v) is 9.19. The second-order valence-electron chi connectivity index (χ2n) is 12.3. The van der Waals surface area contributed by atoms with E-state index in [9.17, 15) is 0 Å². The summed E-state index contributed by atoms with van der Waals surface area (Å²) in [7, 11) is 0. The molecule has 5 nitrogen and oxygen atoms in total. The van der Waals surface area contributed by atoms with Crippen LogP contribution in [0.5, 0.6) is 0 Å². The molecule has 46 heavy (non-hydrogen) atoms. The van der Waals surface area contributed by atoms with Gasteiger partial charge in [-0.1, -0.05) is 123 Å². The molecule has 1 aliphatic rings. The molecule has 0 atom stereocenters. The lowest BCUT2D eigenvalue weighted by Crippen LogP contribution is -2.14. The highest BCUT2D eigenvalue weighted by Gasteiger charge is 2.35. The van der Waals surface area contributed by atoms with Gasteiger partial charge in [-0.25, -0.2) is 19.9 Å². The van der Waals surface area contributed by atoms with Crippen LogP contribution in [0.25, 0.3) is 78.6 Å². The van der Waals surface area contributed by atoms with Crippen LogP contribution in [0.1, 0.15) is 25.0 Å². The molecular weight excluding hydrogens is 564 g/mol. The fourth-order valence-electron chi connectivity index (χ4n) is 6.88. The minimum atomic E-state index is -0.0732. The van der Waals surface area contributed by atoms with Crippen molar-refractivity contribution in [3.05, 3.63) is 145 Å². The second kappa shape index (κ2) is 10.0. The zero-order valence-corrected chi connectivity index (χ0v) is 25.4. The predicted molar refractivity (Wildman–Crippen MR) is 184 cm³/mol. The Kier molecular flexibility index (Phi) is 5.78. The lowest BCUT2D eigenvalue weighted by Gasteiger charge is -2.21. The number of aromatic nitrogens is 4. The highest BCUT2D eigenvalue weighted by atomic mass is 16.3. The van der Waals surface area contributed by atoms with Crippen molar-refractivity contribution < 1.29 is 4.42 Å². The van der Waals surface area contributed by atoms with Crippen molar-refractivity contribution >= 4 is 22.1 Å². The molecule has 0 saturated heterocycles. The van der Waals surface area contributed by atoms with E-state index in [1.807, 2.05) is 54.6 Å². The molecule has 0 bridgehead atoms. The summed E-state index contributed by atoms with van der Waals surface area (Å²) in [6, 6.07) is 45.8. The van der Waals surface area contributed by atoms with E-state index in [-0.39, 0.29) is 5.41 Å². The molecule has 0 saturated carbocycles. The molecule has 3 heterocycles. The Morgan fingerprint density at radius 2 is 1.13 bits per heavy atom. The van der Waals surface area contributed by atoms with Crippen molar-refractivity contribution in [2.45, 2.75) is 19.3 Å². The van der Waals surface area contributed by atoms with E-state index in [1.165, 1.54) is 22.3 Å². The van der Waals surface area contributed by atoms with E-state index in [2.05, 4.69) is 92.7 Å². The number of furan rings is 1. The Bertz CT molecular complexity index is 2450. The summed E-state index contributed by atoms with van der Waals surface area (Å²) in [5.74, 6) is 1.70. The topological polar surface area (TPSA) is 64.7 Å². The molecule has 0 fully saturated rings. The van der Waals surface area contributed by atoms with Gasteiger partial charge in [0.2, 0.25) is 5.71 Å². The maximum atomic E-state index is 6.33. The maximum Gasteiger partial charge on any atom is 0.227 e. The van der Waals surface area contributed by atoms with Crippen LogP contribution in [0.3, 0.4) is 0 Å². The van der Waals surface area contributed by atoms with E-state index in [0.29, 0.717) is 28.9 Å². The monoisotopic (exact) mass is 592 g/mol. The van der Waals surface area contributed by atoms with Gasteiger partial charge in [0.1, 0.15) is 11.3 Å². The molecule has 9 rings (SSSR count). The fourth-order valence-corrected chi connectivity index (χ4v) is 6.88. The highest BCUT2D eigenvalue weighted by Crippen LogP contribution is 2.49. The quantitative estimate of drug-likeness (QED) is 0.203. The zero-order chi connectivity index (χ0) is 30.8. The first-order valence-electron chi connectivity index (χ1n) is 15.5. The Morgan fingerprint density at radius 3 is 1.93 bits per heavy atom. The van der Waals surface area contributed by atoms with Gasteiger partial charge in [-0.15, -0.1) is 0 Å². The first kappa shape index (κ1) is 26.5. The second-order valence-corrected chi connectivity index (χ2v) is 12.3. The molecule has 218 valence electrons. The normalized spacial score (nSPS) is 13.2. The van der Waals surface area contributed by atoms with Crippen molar-refractivity contribution in [2.24, 2.45) is 0 Å². The van der Waals surface area contributed by atoms with Gasteiger partial charge in [0.25, 0.3) is 0 Å². The molecule has 5 heteroatoms. The van der Waals surface area contributed by atoms with Crippen LogP contribution in [0.4, 0.5) is 0 Å². The van der Waals surface area contributed by atoms with Crippen LogP contribution in [0, 0.1) is 0 Å². The number of pyridine rings is 1. The van der Waals surface area contributed by atoms with E-state index < -0.39 is 0 Å². The van der Waals surface area contributed by atoms with E-state index in [0.717, 1.165) is 38.6 Å². The Morgan fingerprint density at radius 1 is 0.478 bits per heavy atom. The Hall–Kier alpha value is -5.94. The van der Waals surface area contributed by atoms with Gasteiger partial charge in [-0.05, 0) is 57.6 Å². The summed E-state index contributed by atoms with van der Waals surface area (Å²) in [5.41, 5.74) is 11.1. The third-order valence-electron chi connectivity index (χ3n) is 9.19. The minimum absolute atomic E-state index is 0.0732. The third kappa shape index (κ3) is 4.09. The van der Waals surface area contributed by atoms with Crippen LogP contribution >= 0.6 is 0 Å². The van der Waals surface area contributed by atoms with E-state index in [1.54, 1.807) is 0 Å². The molecule has 0 spiro atoms. The molecule has 1 aliphatic carbocycles. The summed E-state index contributed by atoms with van der Waals surface area (Å²) in [4.78, 5) is 19.9. The first-order chi connectivity index (χ1) is 22.5. The maximum absolute atomic E-state index is 6.33. The van der Waals surface area contributed by atoms with Gasteiger partial charge in [-0.3, -0.25) is 0 Å². The minimum Gasteiger partial charge on any atom is -0.438 e. The average Bonchev–Trinajstić information content (AvgIpc) is 3.60. The molecule has 5 aromatic carbocycles.